The molecule has 0 atom stereocenters. The maximum atomic E-state index is 13.3. The van der Waals surface area contributed by atoms with Gasteiger partial charge in [-0.1, -0.05) is 6.92 Å². The number of rotatable bonds is 8. The highest BCUT2D eigenvalue weighted by Gasteiger charge is 2.22. The van der Waals surface area contributed by atoms with Crippen molar-refractivity contribution < 1.29 is 14.7 Å². The molecule has 3 N–H and O–H groups in total. The predicted molar refractivity (Wildman–Crippen MR) is 152 cm³/mol. The lowest BCUT2D eigenvalue weighted by Crippen LogP contribution is -2.41. The highest BCUT2D eigenvalue weighted by molar-refractivity contribution is 6.08. The van der Waals surface area contributed by atoms with Crippen LogP contribution in [0.1, 0.15) is 41.5 Å². The Bertz CT molecular complexity index is 1410. The van der Waals surface area contributed by atoms with Crippen molar-refractivity contribution in [1.82, 2.24) is 30.2 Å². The molecule has 10 heteroatoms. The maximum Gasteiger partial charge on any atom is 0.290 e. The number of hydrogen-bond donors (Lipinski definition) is 3. The highest BCUT2D eigenvalue weighted by Crippen LogP contribution is 2.26. The Morgan fingerprint density at radius 3 is 2.67 bits per heavy atom. The van der Waals surface area contributed by atoms with Crippen LogP contribution in [0.2, 0.25) is 0 Å². The second-order valence-corrected chi connectivity index (χ2v) is 9.70. The zero-order chi connectivity index (χ0) is 27.8. The van der Waals surface area contributed by atoms with Gasteiger partial charge in [0.05, 0.1) is 16.7 Å². The minimum atomic E-state index is -0.250. The van der Waals surface area contributed by atoms with E-state index in [0.717, 1.165) is 61.2 Å². The molecule has 1 saturated heterocycles. The van der Waals surface area contributed by atoms with Gasteiger partial charge in [-0.25, -0.2) is 4.98 Å². The molecule has 4 aromatic rings. The molecule has 5 rings (SSSR count). The van der Waals surface area contributed by atoms with Gasteiger partial charge in [-0.2, -0.15) is 0 Å². The molecule has 0 radical (unpaired) electrons. The van der Waals surface area contributed by atoms with E-state index in [2.05, 4.69) is 74.3 Å². The summed E-state index contributed by atoms with van der Waals surface area (Å²) in [5, 5.41) is 10.2. The fourth-order valence-corrected chi connectivity index (χ4v) is 4.80. The van der Waals surface area contributed by atoms with Gasteiger partial charge < -0.3 is 25.2 Å². The molecular formula is C29H35N7O3. The normalized spacial score (nSPS) is 13.8. The van der Waals surface area contributed by atoms with Gasteiger partial charge in [-0.15, -0.1) is 0 Å². The summed E-state index contributed by atoms with van der Waals surface area (Å²) in [5.74, 6) is 0.185. The van der Waals surface area contributed by atoms with Gasteiger partial charge >= 0.3 is 0 Å². The molecule has 4 heterocycles. The summed E-state index contributed by atoms with van der Waals surface area (Å²) in [4.78, 5) is 43.1. The smallest absolute Gasteiger partial charge is 0.290 e. The number of carbonyl (C=O) groups is 2. The Balaban J connectivity index is 0.00000112. The van der Waals surface area contributed by atoms with Crippen molar-refractivity contribution in [3.63, 3.8) is 0 Å². The summed E-state index contributed by atoms with van der Waals surface area (Å²) >= 11 is 0. The summed E-state index contributed by atoms with van der Waals surface area (Å²) in [6.45, 7) is 5.50. The van der Waals surface area contributed by atoms with Crippen molar-refractivity contribution in [3.05, 3.63) is 71.9 Å². The third-order valence-electron chi connectivity index (χ3n) is 6.93. The summed E-state index contributed by atoms with van der Waals surface area (Å²) < 4.78 is 0. The van der Waals surface area contributed by atoms with Gasteiger partial charge in [-0.05, 0) is 75.4 Å². The minimum absolute atomic E-state index is 0.153. The average molecular weight is 530 g/mol. The molecule has 0 unspecified atom stereocenters. The topological polar surface area (TPSA) is 127 Å². The lowest BCUT2D eigenvalue weighted by Gasteiger charge is -2.36. The first-order valence-corrected chi connectivity index (χ1v) is 13.1. The number of carboxylic acid groups (broad SMARTS) is 1. The average Bonchev–Trinajstić information content (AvgIpc) is 3.40. The third-order valence-corrected chi connectivity index (χ3v) is 6.93. The number of piperidine rings is 1. The summed E-state index contributed by atoms with van der Waals surface area (Å²) in [6.07, 6.45) is 7.58. The van der Waals surface area contributed by atoms with Crippen LogP contribution >= 0.6 is 0 Å². The fraction of sp³-hybridized carbons (Fsp3) is 0.345. The predicted octanol–water partition coefficient (Wildman–Crippen LogP) is 3.59. The molecule has 0 aliphatic carbocycles. The number of nitrogens with zero attached hydrogens (tertiary/aromatic N) is 5. The van der Waals surface area contributed by atoms with E-state index in [4.69, 9.17) is 9.90 Å². The van der Waals surface area contributed by atoms with E-state index in [0.29, 0.717) is 23.1 Å². The maximum absolute atomic E-state index is 13.3. The highest BCUT2D eigenvalue weighted by atomic mass is 16.3. The minimum Gasteiger partial charge on any atom is -0.483 e. The van der Waals surface area contributed by atoms with Crippen molar-refractivity contribution in [2.75, 3.05) is 38.6 Å². The number of pyridine rings is 2. The van der Waals surface area contributed by atoms with E-state index >= 15 is 0 Å². The van der Waals surface area contributed by atoms with Crippen LogP contribution in [-0.2, 0) is 11.3 Å². The lowest BCUT2D eigenvalue weighted by atomic mass is 10.0. The number of anilines is 1. The van der Waals surface area contributed by atoms with Crippen molar-refractivity contribution in [1.29, 1.82) is 0 Å². The molecule has 3 aromatic heterocycles. The molecule has 10 nitrogen and oxygen atoms in total. The number of ketones is 1. The van der Waals surface area contributed by atoms with Crippen molar-refractivity contribution in [3.8, 4) is 11.3 Å². The Hall–Kier alpha value is -4.15. The van der Waals surface area contributed by atoms with Crippen molar-refractivity contribution in [2.24, 2.45) is 0 Å². The Kier molecular flexibility index (Phi) is 9.35. The van der Waals surface area contributed by atoms with Crippen LogP contribution in [0.4, 0.5) is 5.69 Å². The van der Waals surface area contributed by atoms with E-state index in [9.17, 15) is 4.79 Å². The summed E-state index contributed by atoms with van der Waals surface area (Å²) in [6, 6.07) is 12.4. The van der Waals surface area contributed by atoms with Gasteiger partial charge in [0.1, 0.15) is 0 Å². The van der Waals surface area contributed by atoms with Gasteiger partial charge in [0.2, 0.25) is 5.78 Å². The van der Waals surface area contributed by atoms with E-state index in [1.165, 1.54) is 5.69 Å². The first kappa shape index (κ1) is 27.9. The van der Waals surface area contributed by atoms with Crippen LogP contribution in [0.25, 0.3) is 22.3 Å². The zero-order valence-electron chi connectivity index (χ0n) is 22.6. The third kappa shape index (κ3) is 6.84. The number of aromatic nitrogens is 4. The van der Waals surface area contributed by atoms with Crippen LogP contribution in [0, 0.1) is 0 Å². The SMILES string of the molecule is CCNCc1cncc(-c2cc(C(=O)c3nc4ccc(N5CCC(N(C)C)CC5)cc4[nH]3)ccn2)c1.O=CO. The Labute approximate surface area is 228 Å². The second-order valence-electron chi connectivity index (χ2n) is 9.70. The molecular weight excluding hydrogens is 494 g/mol. The van der Waals surface area contributed by atoms with Crippen LogP contribution in [-0.4, -0.2) is 82.0 Å². The molecule has 1 aliphatic heterocycles. The van der Waals surface area contributed by atoms with Crippen LogP contribution in [0.15, 0.2) is 55.0 Å². The molecule has 1 aromatic carbocycles. The molecule has 0 amide bonds. The number of aromatic amines is 1. The number of imidazole rings is 1. The van der Waals surface area contributed by atoms with Gasteiger partial charge in [-0.3, -0.25) is 19.6 Å². The first-order valence-electron chi connectivity index (χ1n) is 13.1. The fourth-order valence-electron chi connectivity index (χ4n) is 4.80. The van der Waals surface area contributed by atoms with E-state index in [-0.39, 0.29) is 12.3 Å². The standard InChI is InChI=1S/C28H33N7O.CH2O2/c1-4-29-16-19-13-21(18-30-17-19)25-14-20(7-10-31-25)27(36)28-32-24-6-5-23(15-26(24)33-28)35-11-8-22(9-12-35)34(2)3;2-1-3/h5-7,10,13-15,17-18,22,29H,4,8-9,11-12,16H2,1-3H3,(H,32,33);1H,(H,2,3). The number of carbonyl (C=O) groups excluding carboxylic acids is 1. The Morgan fingerprint density at radius 2 is 1.95 bits per heavy atom. The van der Waals surface area contributed by atoms with E-state index < -0.39 is 0 Å². The number of benzene rings is 1. The molecule has 0 spiro atoms. The number of H-pyrrole nitrogens is 1. The number of fused-ring (bicyclic) bond motifs is 1. The number of nitrogens with one attached hydrogen (secondary N) is 2. The van der Waals surface area contributed by atoms with Crippen molar-refractivity contribution in [2.45, 2.75) is 32.4 Å². The van der Waals surface area contributed by atoms with E-state index in [1.54, 1.807) is 18.5 Å². The van der Waals surface area contributed by atoms with Gasteiger partial charge in [0, 0.05) is 61.1 Å². The summed E-state index contributed by atoms with van der Waals surface area (Å²) in [5.41, 5.74) is 6.05. The first-order chi connectivity index (χ1) is 18.9. The molecule has 0 saturated carbocycles. The van der Waals surface area contributed by atoms with Crippen LogP contribution in [0.5, 0.6) is 0 Å². The van der Waals surface area contributed by atoms with Gasteiger partial charge in [0.15, 0.2) is 5.82 Å². The second kappa shape index (κ2) is 13.1. The van der Waals surface area contributed by atoms with Crippen molar-refractivity contribution >= 4 is 29.0 Å². The van der Waals surface area contributed by atoms with Gasteiger partial charge in [0.25, 0.3) is 6.47 Å². The monoisotopic (exact) mass is 529 g/mol. The zero-order valence-corrected chi connectivity index (χ0v) is 22.6. The quantitative estimate of drug-likeness (QED) is 0.232. The lowest BCUT2D eigenvalue weighted by molar-refractivity contribution is -0.122. The molecule has 0 bridgehead atoms. The molecule has 1 fully saturated rings. The Morgan fingerprint density at radius 1 is 1.18 bits per heavy atom. The largest absolute Gasteiger partial charge is 0.483 e. The molecule has 1 aliphatic rings. The van der Waals surface area contributed by atoms with Crippen LogP contribution in [0.3, 0.4) is 0 Å². The molecule has 204 valence electrons. The number of hydrogen-bond acceptors (Lipinski definition) is 8. The van der Waals surface area contributed by atoms with E-state index in [1.807, 2.05) is 18.3 Å². The van der Waals surface area contributed by atoms with Crippen LogP contribution < -0.4 is 10.2 Å². The summed E-state index contributed by atoms with van der Waals surface area (Å²) in [7, 11) is 4.31. The molecule has 39 heavy (non-hydrogen) atoms.